The van der Waals surface area contributed by atoms with Crippen molar-refractivity contribution in [2.45, 2.75) is 13.1 Å². The van der Waals surface area contributed by atoms with Crippen LogP contribution >= 0.6 is 0 Å². The Morgan fingerprint density at radius 2 is 1.09 bits per heavy atom. The van der Waals surface area contributed by atoms with E-state index in [0.717, 1.165) is 13.1 Å². The summed E-state index contributed by atoms with van der Waals surface area (Å²) in [5.41, 5.74) is 2.94. The average molecular weight is 302 g/mol. The molecule has 4 nitrogen and oxygen atoms in total. The highest BCUT2D eigenvalue weighted by molar-refractivity contribution is 5.23. The van der Waals surface area contributed by atoms with Gasteiger partial charge in [-0.2, -0.15) is 0 Å². The molecule has 2 heterocycles. The first-order valence-electron chi connectivity index (χ1n) is 8.59. The molecule has 0 N–H and O–H groups in total. The summed E-state index contributed by atoms with van der Waals surface area (Å²) in [4.78, 5) is 9.99. The quantitative estimate of drug-likeness (QED) is 0.828. The van der Waals surface area contributed by atoms with Crippen LogP contribution in [0.15, 0.2) is 24.3 Å². The molecule has 4 heteroatoms. The van der Waals surface area contributed by atoms with Gasteiger partial charge in [-0.25, -0.2) is 0 Å². The van der Waals surface area contributed by atoms with Crippen LogP contribution in [0.5, 0.6) is 0 Å². The number of piperazine rings is 2. The molecule has 1 aromatic rings. The second-order valence-corrected chi connectivity index (χ2v) is 6.98. The van der Waals surface area contributed by atoms with E-state index in [-0.39, 0.29) is 0 Å². The molecule has 122 valence electrons. The lowest BCUT2D eigenvalue weighted by Gasteiger charge is -2.33. The molecular weight excluding hydrogens is 272 g/mol. The predicted octanol–water partition coefficient (Wildman–Crippen LogP) is 1.18. The molecule has 0 amide bonds. The van der Waals surface area contributed by atoms with Crippen LogP contribution < -0.4 is 0 Å². The van der Waals surface area contributed by atoms with Crippen LogP contribution in [-0.4, -0.2) is 86.1 Å². The van der Waals surface area contributed by atoms with Crippen LogP contribution in [0.1, 0.15) is 11.1 Å². The van der Waals surface area contributed by atoms with E-state index in [9.17, 15) is 0 Å². The fourth-order valence-electron chi connectivity index (χ4n) is 3.35. The number of likely N-dealkylation sites (N-methyl/N-ethyl adjacent to an activating group) is 2. The summed E-state index contributed by atoms with van der Waals surface area (Å²) in [6.07, 6.45) is 0. The zero-order valence-corrected chi connectivity index (χ0v) is 14.2. The number of hydrogen-bond donors (Lipinski definition) is 0. The fourth-order valence-corrected chi connectivity index (χ4v) is 3.35. The van der Waals surface area contributed by atoms with Gasteiger partial charge in [0.05, 0.1) is 0 Å². The maximum atomic E-state index is 2.58. The van der Waals surface area contributed by atoms with Crippen molar-refractivity contribution in [3.05, 3.63) is 35.4 Å². The topological polar surface area (TPSA) is 13.0 Å². The van der Waals surface area contributed by atoms with Crippen molar-refractivity contribution in [2.75, 3.05) is 66.5 Å². The van der Waals surface area contributed by atoms with E-state index in [1.807, 2.05) is 0 Å². The van der Waals surface area contributed by atoms with Crippen molar-refractivity contribution in [3.63, 3.8) is 0 Å². The molecule has 0 saturated carbocycles. The lowest BCUT2D eigenvalue weighted by atomic mass is 10.1. The van der Waals surface area contributed by atoms with Gasteiger partial charge in [0.25, 0.3) is 0 Å². The Morgan fingerprint density at radius 1 is 0.682 bits per heavy atom. The van der Waals surface area contributed by atoms with E-state index < -0.39 is 0 Å². The summed E-state index contributed by atoms with van der Waals surface area (Å²) in [6.45, 7) is 11.8. The van der Waals surface area contributed by atoms with Crippen LogP contribution in [0.4, 0.5) is 0 Å². The summed E-state index contributed by atoms with van der Waals surface area (Å²) in [6, 6.07) is 9.21. The molecule has 2 saturated heterocycles. The molecule has 2 fully saturated rings. The standard InChI is InChI=1S/C18H30N4/c1-19-6-10-21(11-7-19)15-17-4-3-5-18(14-17)16-22-12-8-20(2)9-13-22/h3-5,14H,6-13,15-16H2,1-2H3. The van der Waals surface area contributed by atoms with Gasteiger partial charge in [-0.05, 0) is 25.2 Å². The summed E-state index contributed by atoms with van der Waals surface area (Å²) >= 11 is 0. The molecular formula is C18H30N4. The van der Waals surface area contributed by atoms with Crippen LogP contribution in [0.25, 0.3) is 0 Å². The van der Waals surface area contributed by atoms with Crippen molar-refractivity contribution < 1.29 is 0 Å². The Morgan fingerprint density at radius 3 is 1.50 bits per heavy atom. The first-order valence-corrected chi connectivity index (χ1v) is 8.59. The molecule has 0 unspecified atom stereocenters. The highest BCUT2D eigenvalue weighted by atomic mass is 15.2. The number of hydrogen-bond acceptors (Lipinski definition) is 4. The maximum Gasteiger partial charge on any atom is 0.0234 e. The van der Waals surface area contributed by atoms with Crippen molar-refractivity contribution in [2.24, 2.45) is 0 Å². The third kappa shape index (κ3) is 4.53. The minimum absolute atomic E-state index is 1.10. The summed E-state index contributed by atoms with van der Waals surface area (Å²) < 4.78 is 0. The van der Waals surface area contributed by atoms with E-state index in [1.54, 1.807) is 0 Å². The van der Waals surface area contributed by atoms with Gasteiger partial charge in [-0.15, -0.1) is 0 Å². The van der Waals surface area contributed by atoms with E-state index in [0.29, 0.717) is 0 Å². The van der Waals surface area contributed by atoms with Crippen molar-refractivity contribution >= 4 is 0 Å². The second kappa shape index (κ2) is 7.55. The van der Waals surface area contributed by atoms with E-state index >= 15 is 0 Å². The van der Waals surface area contributed by atoms with E-state index in [2.05, 4.69) is 58.0 Å². The zero-order chi connectivity index (χ0) is 15.4. The Kier molecular flexibility index (Phi) is 5.47. The average Bonchev–Trinajstić information content (AvgIpc) is 2.52. The van der Waals surface area contributed by atoms with Crippen LogP contribution in [0.2, 0.25) is 0 Å². The SMILES string of the molecule is CN1CCN(Cc2cccc(CN3CCN(C)CC3)c2)CC1. The van der Waals surface area contributed by atoms with E-state index in [1.165, 1.54) is 63.5 Å². The molecule has 0 atom stereocenters. The molecule has 0 bridgehead atoms. The van der Waals surface area contributed by atoms with Gasteiger partial charge in [0.1, 0.15) is 0 Å². The Hall–Kier alpha value is -0.940. The molecule has 3 rings (SSSR count). The lowest BCUT2D eigenvalue weighted by molar-refractivity contribution is 0.146. The normalized spacial score (nSPS) is 23.0. The van der Waals surface area contributed by atoms with Gasteiger partial charge in [-0.1, -0.05) is 24.3 Å². The van der Waals surface area contributed by atoms with Gasteiger partial charge in [0, 0.05) is 65.4 Å². The van der Waals surface area contributed by atoms with Crippen molar-refractivity contribution in [1.82, 2.24) is 19.6 Å². The van der Waals surface area contributed by atoms with Crippen molar-refractivity contribution in [1.29, 1.82) is 0 Å². The largest absolute Gasteiger partial charge is 0.304 e. The van der Waals surface area contributed by atoms with Gasteiger partial charge in [0.2, 0.25) is 0 Å². The van der Waals surface area contributed by atoms with Gasteiger partial charge in [0.15, 0.2) is 0 Å². The predicted molar refractivity (Wildman–Crippen MR) is 92.0 cm³/mol. The summed E-state index contributed by atoms with van der Waals surface area (Å²) in [7, 11) is 4.43. The van der Waals surface area contributed by atoms with Gasteiger partial charge >= 0.3 is 0 Å². The lowest BCUT2D eigenvalue weighted by Crippen LogP contribution is -2.44. The number of benzene rings is 1. The van der Waals surface area contributed by atoms with Gasteiger partial charge < -0.3 is 9.80 Å². The first kappa shape index (κ1) is 15.9. The maximum absolute atomic E-state index is 2.58. The minimum Gasteiger partial charge on any atom is -0.304 e. The molecule has 0 radical (unpaired) electrons. The molecule has 0 aromatic heterocycles. The van der Waals surface area contributed by atoms with Crippen LogP contribution in [0.3, 0.4) is 0 Å². The zero-order valence-electron chi connectivity index (χ0n) is 14.2. The third-order valence-electron chi connectivity index (χ3n) is 5.00. The number of nitrogens with zero attached hydrogens (tertiary/aromatic N) is 4. The highest BCUT2D eigenvalue weighted by Gasteiger charge is 2.15. The molecule has 2 aliphatic heterocycles. The molecule has 0 aliphatic carbocycles. The van der Waals surface area contributed by atoms with Gasteiger partial charge in [-0.3, -0.25) is 9.80 Å². The van der Waals surface area contributed by atoms with Crippen LogP contribution in [-0.2, 0) is 13.1 Å². The second-order valence-electron chi connectivity index (χ2n) is 6.98. The molecule has 2 aliphatic rings. The highest BCUT2D eigenvalue weighted by Crippen LogP contribution is 2.13. The molecule has 0 spiro atoms. The first-order chi connectivity index (χ1) is 10.7. The Labute approximate surface area is 135 Å². The molecule has 1 aromatic carbocycles. The monoisotopic (exact) mass is 302 g/mol. The minimum atomic E-state index is 1.10. The Balaban J connectivity index is 1.53. The smallest absolute Gasteiger partial charge is 0.0234 e. The van der Waals surface area contributed by atoms with Crippen molar-refractivity contribution in [3.8, 4) is 0 Å². The van der Waals surface area contributed by atoms with Crippen LogP contribution in [0, 0.1) is 0 Å². The third-order valence-corrected chi connectivity index (χ3v) is 5.00. The Bertz CT molecular complexity index is 421. The fraction of sp³-hybridized carbons (Fsp3) is 0.667. The summed E-state index contributed by atoms with van der Waals surface area (Å²) in [5.74, 6) is 0. The van der Waals surface area contributed by atoms with E-state index in [4.69, 9.17) is 0 Å². The summed E-state index contributed by atoms with van der Waals surface area (Å²) in [5, 5.41) is 0. The number of rotatable bonds is 4. The molecule has 22 heavy (non-hydrogen) atoms.